The lowest BCUT2D eigenvalue weighted by Crippen LogP contribution is -2.14. The van der Waals surface area contributed by atoms with Gasteiger partial charge >= 0.3 is 0 Å². The molecule has 0 amide bonds. The van der Waals surface area contributed by atoms with E-state index in [-0.39, 0.29) is 0 Å². The number of halogens is 2. The first-order valence-electron chi connectivity index (χ1n) is 14.8. The molecular weight excluding hydrogens is 470 g/mol. The van der Waals surface area contributed by atoms with E-state index in [0.717, 1.165) is 38.5 Å². The predicted molar refractivity (Wildman–Crippen MR) is 158 cm³/mol. The molecule has 0 spiro atoms. The quantitative estimate of drug-likeness (QED) is 0.166. The van der Waals surface area contributed by atoms with Crippen LogP contribution >= 0.6 is 0 Å². The molecule has 0 N–H and O–H groups in total. The van der Waals surface area contributed by atoms with E-state index in [1.165, 1.54) is 47.9 Å². The van der Waals surface area contributed by atoms with Crippen molar-refractivity contribution in [3.63, 3.8) is 0 Å². The zero-order valence-electron chi connectivity index (χ0n) is 23.3. The number of hydrogen-bond acceptors (Lipinski definition) is 0. The molecule has 2 heteroatoms. The molecule has 0 atom stereocenters. The number of allylic oxidation sites excluding steroid dienone is 2. The second-order valence-corrected chi connectivity index (χ2v) is 11.2. The fourth-order valence-corrected chi connectivity index (χ4v) is 5.95. The smallest absolute Gasteiger partial charge is 0.162 e. The summed E-state index contributed by atoms with van der Waals surface area (Å²) in [6.45, 7) is 4.19. The highest BCUT2D eigenvalue weighted by Crippen LogP contribution is 2.38. The molecule has 0 unspecified atom stereocenters. The van der Waals surface area contributed by atoms with Crippen molar-refractivity contribution in [1.82, 2.24) is 0 Å². The fourth-order valence-electron chi connectivity index (χ4n) is 5.95. The summed E-state index contributed by atoms with van der Waals surface area (Å²) in [4.78, 5) is 0. The molecule has 4 rings (SSSR count). The predicted octanol–water partition coefficient (Wildman–Crippen LogP) is 10.8. The molecule has 0 nitrogen and oxygen atoms in total. The van der Waals surface area contributed by atoms with Crippen molar-refractivity contribution in [2.24, 2.45) is 5.92 Å². The van der Waals surface area contributed by atoms with Crippen LogP contribution in [0, 0.1) is 17.6 Å². The van der Waals surface area contributed by atoms with Gasteiger partial charge in [-0.3, -0.25) is 0 Å². The van der Waals surface area contributed by atoms with E-state index < -0.39 is 11.6 Å². The van der Waals surface area contributed by atoms with Crippen LogP contribution in [-0.4, -0.2) is 0 Å². The Bertz CT molecular complexity index is 1150. The molecule has 38 heavy (non-hydrogen) atoms. The summed E-state index contributed by atoms with van der Waals surface area (Å²) in [5.74, 6) is -0.0309. The molecule has 0 aromatic heterocycles. The average Bonchev–Trinajstić information content (AvgIpc) is 2.96. The minimum atomic E-state index is -0.619. The standard InChI is InChI=1S/C36H44F2/c1-3-5-7-9-27-11-16-29(17-12-27)31-21-23-32(24-22-31)30-18-13-28(14-19-30)15-20-34-26-25-33(10-8-6-4-2)35(37)36(34)38/h3,5,11-12,16-17,21-26,28,30H,4,6-10,13-15,18-20H2,1-2H3/b5-3+. The molecule has 1 fully saturated rings. The second-order valence-electron chi connectivity index (χ2n) is 11.2. The van der Waals surface area contributed by atoms with E-state index in [2.05, 4.69) is 74.5 Å². The number of aryl methyl sites for hydroxylation is 3. The first-order chi connectivity index (χ1) is 18.6. The van der Waals surface area contributed by atoms with Gasteiger partial charge in [0, 0.05) is 0 Å². The van der Waals surface area contributed by atoms with Crippen LogP contribution in [0.1, 0.15) is 99.8 Å². The van der Waals surface area contributed by atoms with Gasteiger partial charge in [0.25, 0.3) is 0 Å². The van der Waals surface area contributed by atoms with Crippen molar-refractivity contribution in [3.05, 3.63) is 107 Å². The molecule has 0 saturated heterocycles. The Labute approximate surface area is 229 Å². The average molecular weight is 515 g/mol. The third-order valence-corrected chi connectivity index (χ3v) is 8.47. The van der Waals surface area contributed by atoms with Crippen molar-refractivity contribution >= 4 is 0 Å². The summed E-state index contributed by atoms with van der Waals surface area (Å²) >= 11 is 0. The summed E-state index contributed by atoms with van der Waals surface area (Å²) in [7, 11) is 0. The summed E-state index contributed by atoms with van der Waals surface area (Å²) < 4.78 is 29.2. The summed E-state index contributed by atoms with van der Waals surface area (Å²) in [6.07, 6.45) is 16.5. The van der Waals surface area contributed by atoms with Gasteiger partial charge in [-0.25, -0.2) is 8.78 Å². The first kappa shape index (κ1) is 28.3. The maximum absolute atomic E-state index is 14.7. The molecule has 1 saturated carbocycles. The topological polar surface area (TPSA) is 0 Å². The summed E-state index contributed by atoms with van der Waals surface area (Å²) in [6, 6.07) is 21.7. The minimum absolute atomic E-state index is 0.531. The van der Waals surface area contributed by atoms with E-state index in [4.69, 9.17) is 0 Å². The van der Waals surface area contributed by atoms with Crippen LogP contribution in [-0.2, 0) is 19.3 Å². The van der Waals surface area contributed by atoms with Gasteiger partial charge in [0.2, 0.25) is 0 Å². The van der Waals surface area contributed by atoms with Crippen LogP contribution in [0.25, 0.3) is 11.1 Å². The van der Waals surface area contributed by atoms with Gasteiger partial charge in [0.15, 0.2) is 11.6 Å². The Hall–Kier alpha value is -2.74. The number of unbranched alkanes of at least 4 members (excludes halogenated alkanes) is 2. The van der Waals surface area contributed by atoms with E-state index in [1.807, 2.05) is 12.1 Å². The molecule has 0 bridgehead atoms. The normalized spacial score (nSPS) is 17.8. The van der Waals surface area contributed by atoms with Gasteiger partial charge in [0.05, 0.1) is 0 Å². The summed E-state index contributed by atoms with van der Waals surface area (Å²) in [5.41, 5.74) is 6.43. The zero-order valence-corrected chi connectivity index (χ0v) is 23.3. The SMILES string of the molecule is C/C=C/CCc1ccc(-c2ccc(C3CCC(CCc4ccc(CCCCC)c(F)c4F)CC3)cc2)cc1. The lowest BCUT2D eigenvalue weighted by molar-refractivity contribution is 0.309. The Kier molecular flexibility index (Phi) is 10.7. The van der Waals surface area contributed by atoms with Gasteiger partial charge in [0.1, 0.15) is 0 Å². The van der Waals surface area contributed by atoms with Crippen LogP contribution in [0.2, 0.25) is 0 Å². The Morgan fingerprint density at radius 2 is 1.32 bits per heavy atom. The number of hydrogen-bond donors (Lipinski definition) is 0. The minimum Gasteiger partial charge on any atom is -0.203 e. The summed E-state index contributed by atoms with van der Waals surface area (Å²) in [5, 5.41) is 0. The molecule has 0 aliphatic heterocycles. The van der Waals surface area contributed by atoms with Crippen molar-refractivity contribution in [1.29, 1.82) is 0 Å². The maximum Gasteiger partial charge on any atom is 0.162 e. The molecule has 1 aliphatic rings. The molecule has 1 aliphatic carbocycles. The van der Waals surface area contributed by atoms with Gasteiger partial charge in [-0.05, 0) is 116 Å². The first-order valence-corrected chi connectivity index (χ1v) is 14.8. The molecule has 0 radical (unpaired) electrons. The third kappa shape index (κ3) is 7.65. The molecular formula is C36H44F2. The highest BCUT2D eigenvalue weighted by molar-refractivity contribution is 5.64. The lowest BCUT2D eigenvalue weighted by Gasteiger charge is -2.29. The number of rotatable bonds is 12. The highest BCUT2D eigenvalue weighted by atomic mass is 19.2. The fraction of sp³-hybridized carbons (Fsp3) is 0.444. The van der Waals surface area contributed by atoms with Crippen LogP contribution in [0.15, 0.2) is 72.8 Å². The molecule has 202 valence electrons. The zero-order chi connectivity index (χ0) is 26.7. The van der Waals surface area contributed by atoms with Crippen molar-refractivity contribution in [2.45, 2.75) is 96.8 Å². The van der Waals surface area contributed by atoms with E-state index in [1.54, 1.807) is 0 Å². The van der Waals surface area contributed by atoms with Crippen LogP contribution in [0.3, 0.4) is 0 Å². The van der Waals surface area contributed by atoms with Crippen molar-refractivity contribution < 1.29 is 8.78 Å². The van der Waals surface area contributed by atoms with E-state index >= 15 is 0 Å². The Morgan fingerprint density at radius 3 is 1.92 bits per heavy atom. The highest BCUT2D eigenvalue weighted by Gasteiger charge is 2.23. The van der Waals surface area contributed by atoms with Crippen LogP contribution < -0.4 is 0 Å². The largest absolute Gasteiger partial charge is 0.203 e. The maximum atomic E-state index is 14.7. The van der Waals surface area contributed by atoms with Gasteiger partial charge < -0.3 is 0 Å². The molecule has 3 aromatic carbocycles. The Morgan fingerprint density at radius 1 is 0.711 bits per heavy atom. The van der Waals surface area contributed by atoms with Gasteiger partial charge in [-0.1, -0.05) is 92.6 Å². The lowest BCUT2D eigenvalue weighted by atomic mass is 9.76. The van der Waals surface area contributed by atoms with Crippen LogP contribution in [0.5, 0.6) is 0 Å². The number of benzene rings is 3. The van der Waals surface area contributed by atoms with Crippen molar-refractivity contribution in [3.8, 4) is 11.1 Å². The molecule has 3 aromatic rings. The Balaban J connectivity index is 1.25. The van der Waals surface area contributed by atoms with Gasteiger partial charge in [-0.2, -0.15) is 0 Å². The van der Waals surface area contributed by atoms with E-state index in [0.29, 0.717) is 35.8 Å². The van der Waals surface area contributed by atoms with Crippen LogP contribution in [0.4, 0.5) is 8.78 Å². The third-order valence-electron chi connectivity index (χ3n) is 8.47. The van der Waals surface area contributed by atoms with Crippen molar-refractivity contribution in [2.75, 3.05) is 0 Å². The van der Waals surface area contributed by atoms with E-state index in [9.17, 15) is 8.78 Å². The van der Waals surface area contributed by atoms with Gasteiger partial charge in [-0.15, -0.1) is 0 Å². The molecule has 0 heterocycles. The monoisotopic (exact) mass is 514 g/mol. The second kappa shape index (κ2) is 14.4.